The van der Waals surface area contributed by atoms with E-state index in [0.717, 1.165) is 24.4 Å². The first-order valence-corrected chi connectivity index (χ1v) is 5.99. The molecule has 0 heterocycles. The zero-order valence-electron chi connectivity index (χ0n) is 9.62. The molecule has 0 aromatic carbocycles. The van der Waals surface area contributed by atoms with Crippen LogP contribution < -0.4 is 5.32 Å². The lowest BCUT2D eigenvalue weighted by Crippen LogP contribution is -2.38. The lowest BCUT2D eigenvalue weighted by atomic mass is 9.95. The molecule has 2 nitrogen and oxygen atoms in total. The number of hydrogen-bond acceptors (Lipinski definition) is 2. The average Bonchev–Trinajstić information content (AvgIpc) is 2.75. The van der Waals surface area contributed by atoms with Gasteiger partial charge in [-0.15, -0.1) is 0 Å². The van der Waals surface area contributed by atoms with Crippen LogP contribution in [0.25, 0.3) is 0 Å². The summed E-state index contributed by atoms with van der Waals surface area (Å²) in [6.45, 7) is 5.11. The van der Waals surface area contributed by atoms with Gasteiger partial charge in [0.2, 0.25) is 0 Å². The summed E-state index contributed by atoms with van der Waals surface area (Å²) in [4.78, 5) is 0. The van der Waals surface area contributed by atoms with Gasteiger partial charge in [-0.2, -0.15) is 0 Å². The summed E-state index contributed by atoms with van der Waals surface area (Å²) in [5.41, 5.74) is 0. The van der Waals surface area contributed by atoms with E-state index in [1.807, 2.05) is 0 Å². The SMILES string of the molecule is CNC(COC(C)C)C1CC2CC2C1. The molecule has 14 heavy (non-hydrogen) atoms. The molecule has 0 radical (unpaired) electrons. The van der Waals surface area contributed by atoms with E-state index in [4.69, 9.17) is 4.74 Å². The van der Waals surface area contributed by atoms with Crippen molar-refractivity contribution in [2.24, 2.45) is 17.8 Å². The number of likely N-dealkylation sites (N-methyl/N-ethyl adjacent to an activating group) is 1. The van der Waals surface area contributed by atoms with Crippen molar-refractivity contribution in [3.63, 3.8) is 0 Å². The average molecular weight is 197 g/mol. The van der Waals surface area contributed by atoms with Crippen molar-refractivity contribution in [2.75, 3.05) is 13.7 Å². The van der Waals surface area contributed by atoms with Crippen LogP contribution >= 0.6 is 0 Å². The molecule has 3 unspecified atom stereocenters. The van der Waals surface area contributed by atoms with Crippen LogP contribution in [-0.2, 0) is 4.74 Å². The summed E-state index contributed by atoms with van der Waals surface area (Å²) in [6.07, 6.45) is 4.76. The monoisotopic (exact) mass is 197 g/mol. The molecule has 0 saturated heterocycles. The van der Waals surface area contributed by atoms with Gasteiger partial charge in [-0.05, 0) is 57.9 Å². The van der Waals surface area contributed by atoms with E-state index in [1.165, 1.54) is 19.3 Å². The Morgan fingerprint density at radius 1 is 1.21 bits per heavy atom. The summed E-state index contributed by atoms with van der Waals surface area (Å²) < 4.78 is 5.69. The Balaban J connectivity index is 1.74. The Morgan fingerprint density at radius 2 is 1.86 bits per heavy atom. The predicted molar refractivity (Wildman–Crippen MR) is 58.3 cm³/mol. The number of nitrogens with one attached hydrogen (secondary N) is 1. The first-order valence-electron chi connectivity index (χ1n) is 5.99. The number of rotatable bonds is 5. The van der Waals surface area contributed by atoms with Crippen LogP contribution in [-0.4, -0.2) is 25.8 Å². The maximum Gasteiger partial charge on any atom is 0.0625 e. The minimum absolute atomic E-state index is 0.363. The number of fused-ring (bicyclic) bond motifs is 1. The smallest absolute Gasteiger partial charge is 0.0625 e. The molecular formula is C12H23NO. The van der Waals surface area contributed by atoms with Gasteiger partial charge in [0.05, 0.1) is 12.7 Å². The Bertz CT molecular complexity index is 183. The standard InChI is InChI=1S/C12H23NO/c1-8(2)14-7-12(13-3)11-5-9-4-10(9)6-11/h8-13H,4-7H2,1-3H3. The number of hydrogen-bond donors (Lipinski definition) is 1. The Hall–Kier alpha value is -0.0800. The van der Waals surface area contributed by atoms with Crippen LogP contribution in [0.15, 0.2) is 0 Å². The summed E-state index contributed by atoms with van der Waals surface area (Å²) in [7, 11) is 2.07. The van der Waals surface area contributed by atoms with Crippen molar-refractivity contribution in [1.29, 1.82) is 0 Å². The Labute approximate surface area is 87.4 Å². The fourth-order valence-electron chi connectivity index (χ4n) is 2.84. The molecule has 2 rings (SSSR count). The van der Waals surface area contributed by atoms with Crippen molar-refractivity contribution in [3.05, 3.63) is 0 Å². The van der Waals surface area contributed by atoms with Crippen molar-refractivity contribution < 1.29 is 4.74 Å². The van der Waals surface area contributed by atoms with E-state index in [2.05, 4.69) is 26.2 Å². The van der Waals surface area contributed by atoms with E-state index < -0.39 is 0 Å². The van der Waals surface area contributed by atoms with Gasteiger partial charge in [0.1, 0.15) is 0 Å². The lowest BCUT2D eigenvalue weighted by Gasteiger charge is -2.25. The van der Waals surface area contributed by atoms with Crippen LogP contribution in [0.5, 0.6) is 0 Å². The quantitative estimate of drug-likeness (QED) is 0.728. The summed E-state index contributed by atoms with van der Waals surface area (Å²) in [6, 6.07) is 0.588. The largest absolute Gasteiger partial charge is 0.377 e. The van der Waals surface area contributed by atoms with E-state index in [9.17, 15) is 0 Å². The van der Waals surface area contributed by atoms with E-state index in [-0.39, 0.29) is 0 Å². The molecule has 0 amide bonds. The highest BCUT2D eigenvalue weighted by Crippen LogP contribution is 2.55. The molecule has 0 aliphatic heterocycles. The number of ether oxygens (including phenoxy) is 1. The molecule has 2 aliphatic carbocycles. The first kappa shape index (κ1) is 10.4. The van der Waals surface area contributed by atoms with Gasteiger partial charge in [0.25, 0.3) is 0 Å². The molecule has 0 aromatic heterocycles. The van der Waals surface area contributed by atoms with Crippen LogP contribution in [0.1, 0.15) is 33.1 Å². The molecule has 82 valence electrons. The van der Waals surface area contributed by atoms with E-state index >= 15 is 0 Å². The van der Waals surface area contributed by atoms with Gasteiger partial charge >= 0.3 is 0 Å². The maximum atomic E-state index is 5.69. The Kier molecular flexibility index (Phi) is 3.13. The summed E-state index contributed by atoms with van der Waals surface area (Å²) in [5.74, 6) is 3.03. The second-order valence-corrected chi connectivity index (χ2v) is 5.26. The van der Waals surface area contributed by atoms with E-state index in [1.54, 1.807) is 0 Å². The van der Waals surface area contributed by atoms with Gasteiger partial charge in [-0.1, -0.05) is 0 Å². The Morgan fingerprint density at radius 3 is 2.36 bits per heavy atom. The molecular weight excluding hydrogens is 174 g/mol. The highest BCUT2D eigenvalue weighted by molar-refractivity contribution is 4.99. The van der Waals surface area contributed by atoms with Crippen molar-refractivity contribution in [3.8, 4) is 0 Å². The second kappa shape index (κ2) is 4.19. The zero-order chi connectivity index (χ0) is 10.1. The fraction of sp³-hybridized carbons (Fsp3) is 1.00. The molecule has 2 fully saturated rings. The highest BCUT2D eigenvalue weighted by atomic mass is 16.5. The van der Waals surface area contributed by atoms with Gasteiger partial charge in [-0.25, -0.2) is 0 Å². The van der Waals surface area contributed by atoms with Gasteiger partial charge in [0.15, 0.2) is 0 Å². The minimum atomic E-state index is 0.363. The second-order valence-electron chi connectivity index (χ2n) is 5.26. The molecule has 2 heteroatoms. The molecule has 3 atom stereocenters. The van der Waals surface area contributed by atoms with E-state index in [0.29, 0.717) is 12.1 Å². The molecule has 2 saturated carbocycles. The molecule has 2 aliphatic rings. The van der Waals surface area contributed by atoms with Gasteiger partial charge in [0, 0.05) is 6.04 Å². The van der Waals surface area contributed by atoms with Crippen LogP contribution in [0.2, 0.25) is 0 Å². The zero-order valence-corrected chi connectivity index (χ0v) is 9.62. The molecule has 1 N–H and O–H groups in total. The van der Waals surface area contributed by atoms with Crippen molar-refractivity contribution >= 4 is 0 Å². The van der Waals surface area contributed by atoms with Gasteiger partial charge in [-0.3, -0.25) is 0 Å². The van der Waals surface area contributed by atoms with Crippen molar-refractivity contribution in [1.82, 2.24) is 5.32 Å². The van der Waals surface area contributed by atoms with Crippen LogP contribution in [0, 0.1) is 17.8 Å². The van der Waals surface area contributed by atoms with Crippen LogP contribution in [0.3, 0.4) is 0 Å². The third-order valence-corrected chi connectivity index (χ3v) is 3.83. The summed E-state index contributed by atoms with van der Waals surface area (Å²) >= 11 is 0. The maximum absolute atomic E-state index is 5.69. The summed E-state index contributed by atoms with van der Waals surface area (Å²) in [5, 5.41) is 3.42. The lowest BCUT2D eigenvalue weighted by molar-refractivity contribution is 0.0492. The highest BCUT2D eigenvalue weighted by Gasteiger charge is 2.47. The first-order chi connectivity index (χ1) is 6.70. The third-order valence-electron chi connectivity index (χ3n) is 3.83. The topological polar surface area (TPSA) is 21.3 Å². The normalized spacial score (nSPS) is 37.3. The van der Waals surface area contributed by atoms with Crippen LogP contribution in [0.4, 0.5) is 0 Å². The molecule has 0 bridgehead atoms. The minimum Gasteiger partial charge on any atom is -0.377 e. The van der Waals surface area contributed by atoms with Gasteiger partial charge < -0.3 is 10.1 Å². The molecule has 0 aromatic rings. The predicted octanol–water partition coefficient (Wildman–Crippen LogP) is 2.05. The third kappa shape index (κ3) is 2.29. The fourth-order valence-corrected chi connectivity index (χ4v) is 2.84. The van der Waals surface area contributed by atoms with Crippen molar-refractivity contribution in [2.45, 2.75) is 45.3 Å². The molecule has 0 spiro atoms.